The molecule has 10 aromatic heterocycles. The summed E-state index contributed by atoms with van der Waals surface area (Å²) in [6, 6.07) is 42.7. The van der Waals surface area contributed by atoms with Gasteiger partial charge in [-0.05, 0) is 242 Å². The van der Waals surface area contributed by atoms with Crippen LogP contribution in [-0.2, 0) is 48.1 Å². The number of aryl methyl sites for hydroxylation is 2. The van der Waals surface area contributed by atoms with Crippen LogP contribution in [0.5, 0.6) is 5.75 Å². The van der Waals surface area contributed by atoms with E-state index in [1.807, 2.05) is 175 Å². The summed E-state index contributed by atoms with van der Waals surface area (Å²) < 4.78 is 20.2. The number of carbonyl (C=O) groups excluding carboxylic acids is 2. The summed E-state index contributed by atoms with van der Waals surface area (Å²) in [5.41, 5.74) is 21.0. The second-order valence-electron chi connectivity index (χ2n) is 46.8. The van der Waals surface area contributed by atoms with Crippen LogP contribution in [0.3, 0.4) is 0 Å². The number of nitrogens with one attached hydrogen (secondary N) is 3. The average Bonchev–Trinajstić information content (AvgIpc) is 1.65. The van der Waals surface area contributed by atoms with Gasteiger partial charge in [-0.1, -0.05) is 292 Å². The first-order valence-electron chi connectivity index (χ1n) is 54.9. The Kier molecular flexibility index (Phi) is 52.6. The Morgan fingerprint density at radius 3 is 1.33 bits per heavy atom. The molecule has 0 aliphatic heterocycles. The van der Waals surface area contributed by atoms with Gasteiger partial charge in [0.1, 0.15) is 34.9 Å². The van der Waals surface area contributed by atoms with E-state index in [-0.39, 0.29) is 46.1 Å². The lowest BCUT2D eigenvalue weighted by Crippen LogP contribution is -2.34. The van der Waals surface area contributed by atoms with Crippen molar-refractivity contribution in [2.45, 2.75) is 409 Å². The summed E-state index contributed by atoms with van der Waals surface area (Å²) >= 11 is 0. The van der Waals surface area contributed by atoms with Crippen molar-refractivity contribution < 1.29 is 14.3 Å². The predicted molar refractivity (Wildman–Crippen MR) is 626 cm³/mol. The Labute approximate surface area is 901 Å². The van der Waals surface area contributed by atoms with Crippen molar-refractivity contribution in [1.82, 2.24) is 93.1 Å². The van der Waals surface area contributed by atoms with Crippen molar-refractivity contribution in [2.24, 2.45) is 38.4 Å². The normalized spacial score (nSPS) is 12.8. The van der Waals surface area contributed by atoms with E-state index < -0.39 is 0 Å². The Morgan fingerprint density at radius 1 is 0.443 bits per heavy atom. The molecule has 16 rings (SSSR count). The van der Waals surface area contributed by atoms with E-state index in [0.29, 0.717) is 65.3 Å². The number of methoxy groups -OCH3 is 1. The summed E-state index contributed by atoms with van der Waals surface area (Å²) in [6.45, 7) is 84.3. The van der Waals surface area contributed by atoms with Crippen LogP contribution in [0.2, 0.25) is 0 Å². The van der Waals surface area contributed by atoms with E-state index in [1.54, 1.807) is 25.7 Å². The van der Waals surface area contributed by atoms with Gasteiger partial charge in [-0.15, -0.1) is 0 Å². The maximum atomic E-state index is 11.4. The Morgan fingerprint density at radius 2 is 0.940 bits per heavy atom. The molecule has 149 heavy (non-hydrogen) atoms. The number of aromatic nitrogens is 17. The summed E-state index contributed by atoms with van der Waals surface area (Å²) in [6.07, 6.45) is 32.2. The number of carbonyl (C=O) groups is 2. The molecule has 0 radical (unpaired) electrons. The van der Waals surface area contributed by atoms with Crippen LogP contribution in [-0.4, -0.2) is 114 Å². The first-order chi connectivity index (χ1) is 69.9. The molecule has 0 saturated heterocycles. The van der Waals surface area contributed by atoms with Crippen LogP contribution in [0.4, 0.5) is 5.82 Å². The second kappa shape index (κ2) is 61.4. The Bertz CT molecular complexity index is 5730. The van der Waals surface area contributed by atoms with Crippen molar-refractivity contribution in [1.29, 1.82) is 0 Å². The highest BCUT2D eigenvalue weighted by Gasteiger charge is 2.31. The molecule has 818 valence electrons. The molecule has 0 spiro atoms. The second-order valence-corrected chi connectivity index (χ2v) is 46.8. The van der Waals surface area contributed by atoms with Gasteiger partial charge in [0.15, 0.2) is 0 Å². The van der Waals surface area contributed by atoms with Gasteiger partial charge < -0.3 is 39.0 Å². The van der Waals surface area contributed by atoms with Gasteiger partial charge in [0.05, 0.1) is 49.7 Å². The molecule has 0 unspecified atom stereocenters. The Hall–Kier alpha value is -11.9. The maximum Gasteiger partial charge on any atom is 0.223 e. The fourth-order valence-corrected chi connectivity index (χ4v) is 16.5. The highest BCUT2D eigenvalue weighted by atomic mass is 16.5. The minimum Gasteiger partial charge on any atom is -0.495 e. The third kappa shape index (κ3) is 43.2. The molecule has 23 nitrogen and oxygen atoms in total. The molecular formula is C126H196N20O3. The summed E-state index contributed by atoms with van der Waals surface area (Å²) in [5.74, 6) is 12.7. The molecule has 3 N–H and O–H groups in total. The van der Waals surface area contributed by atoms with Crippen molar-refractivity contribution in [3.8, 4) is 22.8 Å². The number of para-hydroxylation sites is 1. The van der Waals surface area contributed by atoms with Gasteiger partial charge in [-0.25, -0.2) is 29.6 Å². The lowest BCUT2D eigenvalue weighted by molar-refractivity contribution is -0.125. The smallest absolute Gasteiger partial charge is 0.223 e. The maximum absolute atomic E-state index is 11.4. The average molecular weight is 2040 g/mol. The Balaban J connectivity index is 0.000000286. The number of pyridine rings is 3. The lowest BCUT2D eigenvalue weighted by Gasteiger charge is -2.26. The third-order valence-electron chi connectivity index (χ3n) is 25.7. The molecule has 3 fully saturated rings. The zero-order valence-electron chi connectivity index (χ0n) is 100. The summed E-state index contributed by atoms with van der Waals surface area (Å²) in [5, 5.41) is 22.5. The number of rotatable bonds is 23. The van der Waals surface area contributed by atoms with Crippen LogP contribution in [0.1, 0.15) is 454 Å². The first-order valence-corrected chi connectivity index (χ1v) is 54.9. The van der Waals surface area contributed by atoms with Crippen molar-refractivity contribution >= 4 is 17.6 Å². The fourth-order valence-electron chi connectivity index (χ4n) is 16.5. The van der Waals surface area contributed by atoms with Crippen molar-refractivity contribution in [3.63, 3.8) is 0 Å². The van der Waals surface area contributed by atoms with Gasteiger partial charge in [-0.3, -0.25) is 28.9 Å². The molecular weight excluding hydrogens is 1840 g/mol. The third-order valence-corrected chi connectivity index (χ3v) is 25.7. The number of benzene rings is 3. The van der Waals surface area contributed by atoms with Crippen LogP contribution in [0, 0.1) is 44.9 Å². The van der Waals surface area contributed by atoms with Gasteiger partial charge in [0.2, 0.25) is 11.8 Å². The largest absolute Gasteiger partial charge is 0.495 e. The molecule has 3 aliphatic rings. The van der Waals surface area contributed by atoms with Crippen molar-refractivity contribution in [3.05, 3.63) is 292 Å². The summed E-state index contributed by atoms with van der Waals surface area (Å²) in [4.78, 5) is 52.6. The van der Waals surface area contributed by atoms with Crippen LogP contribution in [0.15, 0.2) is 196 Å². The number of ether oxygens (including phenoxy) is 1. The van der Waals surface area contributed by atoms with Gasteiger partial charge >= 0.3 is 0 Å². The van der Waals surface area contributed by atoms with Crippen LogP contribution < -0.4 is 20.7 Å². The molecule has 1 atom stereocenters. The minimum absolute atomic E-state index is 0.0427. The highest BCUT2D eigenvalue weighted by molar-refractivity contribution is 5.78. The van der Waals surface area contributed by atoms with Crippen molar-refractivity contribution in [2.75, 3.05) is 19.0 Å². The van der Waals surface area contributed by atoms with E-state index in [4.69, 9.17) is 4.74 Å². The summed E-state index contributed by atoms with van der Waals surface area (Å²) in [7, 11) is 7.94. The molecule has 0 bridgehead atoms. The molecule has 23 heteroatoms. The van der Waals surface area contributed by atoms with E-state index in [1.165, 1.54) is 118 Å². The number of imidazole rings is 4. The fraction of sp³-hybridized carbons (Fsp3) is 0.556. The number of hydrogen-bond donors (Lipinski definition) is 3. The first kappa shape index (κ1) is 128. The predicted octanol–water partition coefficient (Wildman–Crippen LogP) is 31.4. The van der Waals surface area contributed by atoms with Gasteiger partial charge in [0, 0.05) is 163 Å². The highest BCUT2D eigenvalue weighted by Crippen LogP contribution is 2.41. The van der Waals surface area contributed by atoms with Gasteiger partial charge in [0.25, 0.3) is 0 Å². The van der Waals surface area contributed by atoms with E-state index >= 15 is 0 Å². The molecule has 10 heterocycles. The number of amides is 2. The quantitative estimate of drug-likeness (QED) is 0.0540. The molecule has 3 aliphatic carbocycles. The van der Waals surface area contributed by atoms with E-state index in [0.717, 1.165) is 70.8 Å². The molecule has 2 amide bonds. The standard InChI is InChI=1S/2C13H16N2.C12H17NO.C11H16N2.C11H18N2.2C11H20N2.C10H16N2.C10H18N2.C9H19NO.C8H11N.C7H9NO/c1-10(2)12-9-14-13(15(12)3)11-7-5-4-6-8-11;1-10(2)13-9-14-15(11(13)3)12-7-5-4-6-8-12;1-9(2)12(14)13-10(3)11-7-5-4-6-8-11;1-8(2)9-3-6-11(12-7-9)13-10-4-5-10;1-4-11-10(8(2)3)7-12-13(11)9-5-6-9;1-8(2)9-7-12-10(13(9)6)11(3,4)5;1-8(2)10-7-12-9(3)13(10)11(4,5)6;1-7(2)9-6-11-10(12(9)3)8-4-5-8;1-7(2)10-6-11-12(8(3)4)9(10)5;1-7(2)8(11)10-6-9(3,4)5;1-7(2)8-4-3-5-9-6-8;1-6-3-7(9-2)5-8-4-6/h2*4-10H,1-3H3;4-10H,1-3H3,(H,13,14);3,6-8,10H,4-5H2,1-2H3,(H,12,13);7-9H,4-6H2,1-3H3;2*7-8H,1-6H3;6-8H,4-5H2,1-3H3;6-8H,1-5H3;7H,6H2,1-5H3,(H,10,11);3-7H,1-2H3;3-5H,1-2H3/t;;10-;;;;;;;;;/m..1........./s1. The zero-order valence-corrected chi connectivity index (χ0v) is 100. The molecule has 3 aromatic carbocycles. The van der Waals surface area contributed by atoms with Gasteiger partial charge in [-0.2, -0.15) is 15.3 Å². The topological polar surface area (TPSA) is 243 Å². The SMILES string of the molecule is CC(C)C(=O)NCC(C)(C)C.CC(C)C(=O)N[C@H](C)c1ccccc1.CC(C)c1ccc(NC2CC2)nc1.CC(C)c1cccnc1.CC(C)c1cnc(-c2ccccc2)n1C.CC(C)c1cnc(C(C)(C)C)n1C.CC(C)c1cnc(C2CC2)n1C.CCc1c(C(C)C)cnn1C1CC1.COc1cncc(C)c1.Cc1c(C(C)C)cnn1-c1ccccc1.Cc1c(C(C)C)cnn1C(C)C.Cc1ncc(C(C)C)n1C(C)(C)C. The van der Waals surface area contributed by atoms with Crippen LogP contribution >= 0.6 is 0 Å². The number of nitrogens with zero attached hydrogens (tertiary/aromatic N) is 17. The van der Waals surface area contributed by atoms with E-state index in [2.05, 4.69) is 392 Å². The number of hydrogen-bond acceptors (Lipinski definition) is 14. The zero-order chi connectivity index (χ0) is 112. The van der Waals surface area contributed by atoms with Crippen LogP contribution in [0.25, 0.3) is 17.1 Å². The van der Waals surface area contributed by atoms with E-state index in [9.17, 15) is 9.59 Å². The lowest BCUT2D eigenvalue weighted by atomic mass is 9.96. The monoisotopic (exact) mass is 2040 g/mol. The molecule has 13 aromatic rings. The molecule has 3 saturated carbocycles. The number of anilines is 1. The minimum atomic E-state index is 0.0427.